The first kappa shape index (κ1) is 19.3. The van der Waals surface area contributed by atoms with Gasteiger partial charge in [0.15, 0.2) is 23.1 Å². The molecule has 0 aliphatic carbocycles. The quantitative estimate of drug-likeness (QED) is 0.478. The zero-order valence-electron chi connectivity index (χ0n) is 16.4. The molecule has 1 aliphatic rings. The molecule has 150 valence electrons. The van der Waals surface area contributed by atoms with Gasteiger partial charge in [-0.1, -0.05) is 11.8 Å². The maximum absolute atomic E-state index is 12.9. The first-order valence-corrected chi connectivity index (χ1v) is 9.87. The monoisotopic (exact) mass is 413 g/mol. The number of nitrogens with one attached hydrogen (secondary N) is 1. The second-order valence-corrected chi connectivity index (χ2v) is 8.04. The number of ketones is 2. The Morgan fingerprint density at radius 1 is 1.17 bits per heavy atom. The molecular formula is C20H19N3O5S. The average Bonchev–Trinajstić information content (AvgIpc) is 3.39. The van der Waals surface area contributed by atoms with Gasteiger partial charge < -0.3 is 18.9 Å². The van der Waals surface area contributed by atoms with Gasteiger partial charge in [0.25, 0.3) is 5.22 Å². The van der Waals surface area contributed by atoms with E-state index in [1.54, 1.807) is 39.0 Å². The van der Waals surface area contributed by atoms with Crippen LogP contribution in [-0.2, 0) is 0 Å². The average molecular weight is 413 g/mol. The Balaban J connectivity index is 1.51. The predicted octanol–water partition coefficient (Wildman–Crippen LogP) is 3.98. The molecule has 0 radical (unpaired) electrons. The minimum Gasteiger partial charge on any atom is -0.454 e. The van der Waals surface area contributed by atoms with Gasteiger partial charge in [0.05, 0.1) is 10.9 Å². The molecule has 1 aromatic carbocycles. The van der Waals surface area contributed by atoms with Crippen LogP contribution in [0.5, 0.6) is 11.5 Å². The van der Waals surface area contributed by atoms with Crippen molar-refractivity contribution >= 4 is 23.3 Å². The molecule has 1 aliphatic heterocycles. The Labute approximate surface area is 171 Å². The number of aromatic amines is 1. The molecule has 0 unspecified atom stereocenters. The van der Waals surface area contributed by atoms with E-state index in [2.05, 4.69) is 15.2 Å². The largest absolute Gasteiger partial charge is 0.454 e. The number of aryl methyl sites for hydroxylation is 1. The molecule has 4 rings (SSSR count). The summed E-state index contributed by atoms with van der Waals surface area (Å²) in [5.74, 6) is 1.42. The van der Waals surface area contributed by atoms with Crippen LogP contribution in [0, 0.1) is 13.8 Å². The maximum Gasteiger partial charge on any atom is 0.277 e. The van der Waals surface area contributed by atoms with E-state index in [1.165, 1.54) is 18.7 Å². The molecule has 1 N–H and O–H groups in total. The first-order chi connectivity index (χ1) is 13.8. The highest BCUT2D eigenvalue weighted by Crippen LogP contribution is 2.36. The maximum atomic E-state index is 12.9. The number of carbonyl (C=O) groups is 2. The lowest BCUT2D eigenvalue weighted by atomic mass is 10.0. The van der Waals surface area contributed by atoms with E-state index in [-0.39, 0.29) is 23.6 Å². The Morgan fingerprint density at radius 3 is 2.66 bits per heavy atom. The molecule has 0 amide bonds. The van der Waals surface area contributed by atoms with Crippen LogP contribution in [0.2, 0.25) is 0 Å². The van der Waals surface area contributed by atoms with Gasteiger partial charge in [-0.15, -0.1) is 10.2 Å². The highest BCUT2D eigenvalue weighted by Gasteiger charge is 2.26. The van der Waals surface area contributed by atoms with Gasteiger partial charge in [0.2, 0.25) is 12.7 Å². The SMILES string of the molecule is CC(=O)c1c(C)[nH]c(C(=O)[C@@H](C)Sc2nnc(-c3ccc4c(c3)OCO4)o2)c1C. The minimum absolute atomic E-state index is 0.0686. The first-order valence-electron chi connectivity index (χ1n) is 8.99. The van der Waals surface area contributed by atoms with E-state index < -0.39 is 5.25 Å². The van der Waals surface area contributed by atoms with Crippen molar-refractivity contribution in [3.8, 4) is 23.0 Å². The van der Waals surface area contributed by atoms with Gasteiger partial charge in [0, 0.05) is 16.8 Å². The number of hydrogen-bond donors (Lipinski definition) is 1. The van der Waals surface area contributed by atoms with Crippen molar-refractivity contribution in [2.24, 2.45) is 0 Å². The third-order valence-corrected chi connectivity index (χ3v) is 5.64. The number of aromatic nitrogens is 3. The predicted molar refractivity (Wildman–Crippen MR) is 106 cm³/mol. The lowest BCUT2D eigenvalue weighted by Gasteiger charge is -2.07. The number of H-pyrrole nitrogens is 1. The van der Waals surface area contributed by atoms with Crippen LogP contribution in [-0.4, -0.2) is 38.8 Å². The smallest absolute Gasteiger partial charge is 0.277 e. The van der Waals surface area contributed by atoms with Gasteiger partial charge in [-0.05, 0) is 51.5 Å². The fourth-order valence-electron chi connectivity index (χ4n) is 3.34. The number of nitrogens with zero attached hydrogens (tertiary/aromatic N) is 2. The van der Waals surface area contributed by atoms with Crippen LogP contribution < -0.4 is 9.47 Å². The highest BCUT2D eigenvalue weighted by atomic mass is 32.2. The van der Waals surface area contributed by atoms with E-state index in [4.69, 9.17) is 13.9 Å². The van der Waals surface area contributed by atoms with Gasteiger partial charge in [0.1, 0.15) is 0 Å². The normalized spacial score (nSPS) is 13.5. The molecule has 3 heterocycles. The standard InChI is InChI=1S/C20H19N3O5S/c1-9-16(11(3)24)10(2)21-17(9)18(25)12(4)29-20-23-22-19(28-20)13-5-6-14-15(7-13)27-8-26-14/h5-7,12,21H,8H2,1-4H3/t12-/m1/s1. The van der Waals surface area contributed by atoms with Crippen molar-refractivity contribution in [2.45, 2.75) is 38.2 Å². The summed E-state index contributed by atoms with van der Waals surface area (Å²) in [6, 6.07) is 5.36. The van der Waals surface area contributed by atoms with Crippen molar-refractivity contribution in [2.75, 3.05) is 6.79 Å². The van der Waals surface area contributed by atoms with Gasteiger partial charge in [-0.25, -0.2) is 0 Å². The Kier molecular flexibility index (Phi) is 4.91. The molecule has 3 aromatic rings. The molecule has 8 nitrogen and oxygen atoms in total. The summed E-state index contributed by atoms with van der Waals surface area (Å²) in [6.07, 6.45) is 0. The zero-order chi connectivity index (χ0) is 20.7. The number of rotatable bonds is 6. The summed E-state index contributed by atoms with van der Waals surface area (Å²) in [4.78, 5) is 27.7. The van der Waals surface area contributed by atoms with Crippen LogP contribution >= 0.6 is 11.8 Å². The van der Waals surface area contributed by atoms with Gasteiger partial charge in [-0.2, -0.15) is 0 Å². The Hall–Kier alpha value is -3.07. The summed E-state index contributed by atoms with van der Waals surface area (Å²) in [5, 5.41) is 7.90. The summed E-state index contributed by atoms with van der Waals surface area (Å²) in [5.41, 5.74) is 3.06. The number of Topliss-reactive ketones (excluding diaryl/α,β-unsaturated/α-hetero) is 2. The van der Waals surface area contributed by atoms with Crippen LogP contribution in [0.3, 0.4) is 0 Å². The number of fused-ring (bicyclic) bond motifs is 1. The molecule has 0 fully saturated rings. The number of thioether (sulfide) groups is 1. The summed E-state index contributed by atoms with van der Waals surface area (Å²) < 4.78 is 16.4. The van der Waals surface area contributed by atoms with Crippen LogP contribution in [0.1, 0.15) is 46.0 Å². The molecule has 1 atom stereocenters. The van der Waals surface area contributed by atoms with Crippen LogP contribution in [0.4, 0.5) is 0 Å². The topological polar surface area (TPSA) is 107 Å². The molecule has 29 heavy (non-hydrogen) atoms. The van der Waals surface area contributed by atoms with Crippen molar-refractivity contribution in [3.63, 3.8) is 0 Å². The second-order valence-electron chi connectivity index (χ2n) is 6.75. The minimum atomic E-state index is -0.475. The van der Waals surface area contributed by atoms with Crippen molar-refractivity contribution in [1.29, 1.82) is 0 Å². The van der Waals surface area contributed by atoms with Crippen molar-refractivity contribution < 1.29 is 23.5 Å². The molecule has 2 aromatic heterocycles. The van der Waals surface area contributed by atoms with Crippen LogP contribution in [0.25, 0.3) is 11.5 Å². The second kappa shape index (κ2) is 7.40. The Bertz CT molecular complexity index is 1120. The lowest BCUT2D eigenvalue weighted by molar-refractivity contribution is 0.0988. The number of ether oxygens (including phenoxy) is 2. The van der Waals surface area contributed by atoms with Crippen molar-refractivity contribution in [1.82, 2.24) is 15.2 Å². The van der Waals surface area contributed by atoms with Gasteiger partial charge >= 0.3 is 0 Å². The molecule has 0 saturated carbocycles. The lowest BCUT2D eigenvalue weighted by Crippen LogP contribution is -2.15. The fraction of sp³-hybridized carbons (Fsp3) is 0.300. The Morgan fingerprint density at radius 2 is 1.93 bits per heavy atom. The van der Waals surface area contributed by atoms with Crippen molar-refractivity contribution in [3.05, 3.63) is 40.7 Å². The fourth-order valence-corrected chi connectivity index (χ4v) is 4.08. The molecule has 0 saturated heterocycles. The molecule has 0 bridgehead atoms. The highest BCUT2D eigenvalue weighted by molar-refractivity contribution is 8.00. The van der Waals surface area contributed by atoms with E-state index in [0.29, 0.717) is 45.5 Å². The summed E-state index contributed by atoms with van der Waals surface area (Å²) in [7, 11) is 0. The van der Waals surface area contributed by atoms with Crippen LogP contribution in [0.15, 0.2) is 27.8 Å². The number of benzene rings is 1. The van der Waals surface area contributed by atoms with E-state index in [1.807, 2.05) is 0 Å². The molecule has 0 spiro atoms. The molecular weight excluding hydrogens is 394 g/mol. The van der Waals surface area contributed by atoms with E-state index >= 15 is 0 Å². The summed E-state index contributed by atoms with van der Waals surface area (Å²) >= 11 is 1.17. The molecule has 9 heteroatoms. The van der Waals surface area contributed by atoms with E-state index in [0.717, 1.165) is 0 Å². The third kappa shape index (κ3) is 3.53. The van der Waals surface area contributed by atoms with Gasteiger partial charge in [-0.3, -0.25) is 9.59 Å². The van der Waals surface area contributed by atoms with E-state index in [9.17, 15) is 9.59 Å². The third-order valence-electron chi connectivity index (χ3n) is 4.71. The zero-order valence-corrected chi connectivity index (χ0v) is 17.2. The summed E-state index contributed by atoms with van der Waals surface area (Å²) in [6.45, 7) is 7.00. The number of hydrogen-bond acceptors (Lipinski definition) is 8. The number of carbonyl (C=O) groups excluding carboxylic acids is 2.